The van der Waals surface area contributed by atoms with Crippen molar-refractivity contribution < 1.29 is 29.4 Å². The lowest BCUT2D eigenvalue weighted by Crippen LogP contribution is -2.41. The summed E-state index contributed by atoms with van der Waals surface area (Å²) in [6.45, 7) is 2.08. The van der Waals surface area contributed by atoms with E-state index >= 15 is 0 Å². The molecule has 0 aliphatic rings. The minimum absolute atomic E-state index is 0.0472. The van der Waals surface area contributed by atoms with E-state index in [1.807, 2.05) is 0 Å². The van der Waals surface area contributed by atoms with Gasteiger partial charge in [0.05, 0.1) is 0 Å². The van der Waals surface area contributed by atoms with Crippen LogP contribution >= 0.6 is 0 Å². The summed E-state index contributed by atoms with van der Waals surface area (Å²) >= 11 is 0. The molecule has 0 spiro atoms. The van der Waals surface area contributed by atoms with Crippen molar-refractivity contribution in [2.24, 2.45) is 5.92 Å². The number of aliphatic carboxylic acids is 2. The molecule has 0 aliphatic carbocycles. The molecule has 8 nitrogen and oxygen atoms in total. The van der Waals surface area contributed by atoms with E-state index in [4.69, 9.17) is 10.2 Å². The maximum absolute atomic E-state index is 11.6. The Morgan fingerprint density at radius 3 is 1.89 bits per heavy atom. The van der Waals surface area contributed by atoms with Crippen LogP contribution in [-0.2, 0) is 19.2 Å². The number of carbonyl (C=O) groups is 4. The Morgan fingerprint density at radius 1 is 1.05 bits per heavy atom. The van der Waals surface area contributed by atoms with E-state index in [0.29, 0.717) is 4.90 Å². The average molecular weight is 274 g/mol. The van der Waals surface area contributed by atoms with Gasteiger partial charge in [-0.25, -0.2) is 0 Å². The normalized spacial score (nSPS) is 10.1. The second-order valence-corrected chi connectivity index (χ2v) is 4.23. The van der Waals surface area contributed by atoms with Crippen LogP contribution in [0.1, 0.15) is 20.3 Å². The highest BCUT2D eigenvalue weighted by molar-refractivity contribution is 5.85. The third-order valence-corrected chi connectivity index (χ3v) is 2.17. The molecule has 3 N–H and O–H groups in total. The Hall–Kier alpha value is -2.12. The first-order valence-corrected chi connectivity index (χ1v) is 5.73. The Morgan fingerprint density at radius 2 is 1.53 bits per heavy atom. The monoisotopic (exact) mass is 274 g/mol. The first-order chi connectivity index (χ1) is 8.73. The van der Waals surface area contributed by atoms with Crippen LogP contribution in [0.15, 0.2) is 0 Å². The molecule has 0 aromatic carbocycles. The quantitative estimate of drug-likeness (QED) is 0.529. The van der Waals surface area contributed by atoms with E-state index in [1.165, 1.54) is 0 Å². The van der Waals surface area contributed by atoms with Gasteiger partial charge in [-0.15, -0.1) is 0 Å². The molecule has 0 saturated heterocycles. The summed E-state index contributed by atoms with van der Waals surface area (Å²) in [4.78, 5) is 44.6. The van der Waals surface area contributed by atoms with Crippen LogP contribution in [0.4, 0.5) is 0 Å². The molecule has 0 aromatic heterocycles. The lowest BCUT2D eigenvalue weighted by atomic mass is 10.2. The predicted molar refractivity (Wildman–Crippen MR) is 64.3 cm³/mol. The molecule has 19 heavy (non-hydrogen) atoms. The van der Waals surface area contributed by atoms with Gasteiger partial charge in [-0.1, -0.05) is 13.8 Å². The molecule has 0 aromatic rings. The van der Waals surface area contributed by atoms with Gasteiger partial charge in [-0.2, -0.15) is 0 Å². The fraction of sp³-hybridized carbons (Fsp3) is 0.636. The Bertz CT molecular complexity index is 350. The molecule has 0 bridgehead atoms. The number of carboxylic acids is 2. The molecular weight excluding hydrogens is 256 g/mol. The van der Waals surface area contributed by atoms with Gasteiger partial charge in [0.15, 0.2) is 0 Å². The van der Waals surface area contributed by atoms with Crippen LogP contribution in [0, 0.1) is 5.92 Å². The highest BCUT2D eigenvalue weighted by atomic mass is 16.4. The van der Waals surface area contributed by atoms with Crippen molar-refractivity contribution in [3.05, 3.63) is 0 Å². The Labute approximate surface area is 110 Å². The molecule has 8 heteroatoms. The number of rotatable bonds is 8. The number of hydrogen-bond donors (Lipinski definition) is 3. The van der Waals surface area contributed by atoms with E-state index < -0.39 is 30.9 Å². The van der Waals surface area contributed by atoms with E-state index in [2.05, 4.69) is 5.32 Å². The fourth-order valence-corrected chi connectivity index (χ4v) is 1.21. The number of hydrogen-bond acceptors (Lipinski definition) is 4. The van der Waals surface area contributed by atoms with Gasteiger partial charge in [0.1, 0.15) is 13.1 Å². The van der Waals surface area contributed by atoms with Gasteiger partial charge in [-0.05, 0) is 0 Å². The molecule has 0 unspecified atom stereocenters. The first kappa shape index (κ1) is 16.9. The minimum atomic E-state index is -1.29. The molecular formula is C11H18N2O6. The standard InChI is InChI=1S/C11H18N2O6/c1-7(2)11(19)12-4-3-8(14)13(5-9(15)16)6-10(17)18/h7H,3-6H2,1-2H3,(H,12,19)(H,15,16)(H,17,18). The van der Waals surface area contributed by atoms with Crippen molar-refractivity contribution in [2.75, 3.05) is 19.6 Å². The van der Waals surface area contributed by atoms with E-state index in [-0.39, 0.29) is 24.8 Å². The maximum Gasteiger partial charge on any atom is 0.323 e. The van der Waals surface area contributed by atoms with E-state index in [1.54, 1.807) is 13.8 Å². The number of nitrogens with one attached hydrogen (secondary N) is 1. The van der Waals surface area contributed by atoms with Crippen molar-refractivity contribution in [1.82, 2.24) is 10.2 Å². The first-order valence-electron chi connectivity index (χ1n) is 5.73. The number of carbonyl (C=O) groups excluding carboxylic acids is 2. The molecule has 0 atom stereocenters. The van der Waals surface area contributed by atoms with Crippen molar-refractivity contribution in [2.45, 2.75) is 20.3 Å². The van der Waals surface area contributed by atoms with Gasteiger partial charge < -0.3 is 20.4 Å². The van der Waals surface area contributed by atoms with E-state index in [9.17, 15) is 19.2 Å². The summed E-state index contributed by atoms with van der Waals surface area (Å²) in [7, 11) is 0. The smallest absolute Gasteiger partial charge is 0.323 e. The molecule has 108 valence electrons. The summed E-state index contributed by atoms with van der Waals surface area (Å²) in [6, 6.07) is 0. The highest BCUT2D eigenvalue weighted by Gasteiger charge is 2.19. The predicted octanol–water partition coefficient (Wildman–Crippen LogP) is -0.853. The Kier molecular flexibility index (Phi) is 7.16. The van der Waals surface area contributed by atoms with Crippen molar-refractivity contribution in [1.29, 1.82) is 0 Å². The third-order valence-electron chi connectivity index (χ3n) is 2.17. The van der Waals surface area contributed by atoms with Crippen molar-refractivity contribution >= 4 is 23.8 Å². The van der Waals surface area contributed by atoms with E-state index in [0.717, 1.165) is 0 Å². The summed E-state index contributed by atoms with van der Waals surface area (Å²) in [5.74, 6) is -3.66. The van der Waals surface area contributed by atoms with Crippen LogP contribution < -0.4 is 5.32 Å². The lowest BCUT2D eigenvalue weighted by molar-refractivity contribution is -0.149. The Balaban J connectivity index is 4.28. The zero-order valence-electron chi connectivity index (χ0n) is 10.9. The summed E-state index contributed by atoms with van der Waals surface area (Å²) in [5, 5.41) is 19.6. The number of carboxylic acid groups (broad SMARTS) is 2. The van der Waals surface area contributed by atoms with Crippen LogP contribution in [0.3, 0.4) is 0 Å². The largest absolute Gasteiger partial charge is 0.480 e. The van der Waals surface area contributed by atoms with Crippen molar-refractivity contribution in [3.63, 3.8) is 0 Å². The maximum atomic E-state index is 11.6. The summed E-state index contributed by atoms with van der Waals surface area (Å²) in [5.41, 5.74) is 0. The molecule has 0 heterocycles. The molecule has 0 fully saturated rings. The minimum Gasteiger partial charge on any atom is -0.480 e. The SMILES string of the molecule is CC(C)C(=O)NCCC(=O)N(CC(=O)O)CC(=O)O. The van der Waals surface area contributed by atoms with Crippen LogP contribution in [0.25, 0.3) is 0 Å². The van der Waals surface area contributed by atoms with Gasteiger partial charge in [0.2, 0.25) is 11.8 Å². The van der Waals surface area contributed by atoms with Crippen LogP contribution in [0.5, 0.6) is 0 Å². The summed E-state index contributed by atoms with van der Waals surface area (Å²) < 4.78 is 0. The average Bonchev–Trinajstić information content (AvgIpc) is 2.26. The number of amides is 2. The van der Waals surface area contributed by atoms with Gasteiger partial charge >= 0.3 is 11.9 Å². The van der Waals surface area contributed by atoms with Gasteiger partial charge in [-0.3, -0.25) is 19.2 Å². The van der Waals surface area contributed by atoms with Gasteiger partial charge in [0, 0.05) is 18.9 Å². The molecule has 0 radical (unpaired) electrons. The molecule has 2 amide bonds. The second kappa shape index (κ2) is 8.06. The molecule has 0 rings (SSSR count). The zero-order chi connectivity index (χ0) is 15.0. The summed E-state index contributed by atoms with van der Waals surface area (Å²) in [6.07, 6.45) is -0.140. The van der Waals surface area contributed by atoms with Crippen molar-refractivity contribution in [3.8, 4) is 0 Å². The fourth-order valence-electron chi connectivity index (χ4n) is 1.21. The lowest BCUT2D eigenvalue weighted by Gasteiger charge is -2.18. The van der Waals surface area contributed by atoms with Crippen LogP contribution in [-0.4, -0.2) is 58.5 Å². The molecule has 0 saturated carbocycles. The number of nitrogens with zero attached hydrogens (tertiary/aromatic N) is 1. The van der Waals surface area contributed by atoms with Crippen LogP contribution in [0.2, 0.25) is 0 Å². The zero-order valence-corrected chi connectivity index (χ0v) is 10.9. The third kappa shape index (κ3) is 7.74. The second-order valence-electron chi connectivity index (χ2n) is 4.23. The topological polar surface area (TPSA) is 124 Å². The van der Waals surface area contributed by atoms with Gasteiger partial charge in [0.25, 0.3) is 0 Å². The molecule has 0 aliphatic heterocycles. The highest BCUT2D eigenvalue weighted by Crippen LogP contribution is 1.96.